The van der Waals surface area contributed by atoms with E-state index in [9.17, 15) is 9.59 Å². The van der Waals surface area contributed by atoms with Crippen LogP contribution in [0.1, 0.15) is 21.6 Å². The minimum atomic E-state index is -0.334. The molecular weight excluding hydrogens is 444 g/mol. The summed E-state index contributed by atoms with van der Waals surface area (Å²) in [6.45, 7) is 1.28. The fraction of sp³-hybridized carbons (Fsp3) is 0.167. The van der Waals surface area contributed by atoms with Crippen LogP contribution < -0.4 is 15.0 Å². The first-order chi connectivity index (χ1) is 16.1. The van der Waals surface area contributed by atoms with Crippen LogP contribution in [0.25, 0.3) is 10.9 Å². The molecule has 166 valence electrons. The summed E-state index contributed by atoms with van der Waals surface area (Å²) in [5.41, 5.74) is 1.85. The van der Waals surface area contributed by atoms with E-state index < -0.39 is 0 Å². The number of rotatable bonds is 5. The lowest BCUT2D eigenvalue weighted by Gasteiger charge is -2.23. The van der Waals surface area contributed by atoms with Crippen LogP contribution in [-0.2, 0) is 13.1 Å². The van der Waals surface area contributed by atoms with E-state index in [0.717, 1.165) is 10.9 Å². The maximum atomic E-state index is 13.2. The molecule has 1 N–H and O–H groups in total. The van der Waals surface area contributed by atoms with Crippen LogP contribution >= 0.6 is 11.6 Å². The van der Waals surface area contributed by atoms with Crippen molar-refractivity contribution >= 4 is 28.4 Å². The maximum Gasteiger partial charge on any atom is 0.274 e. The van der Waals surface area contributed by atoms with Gasteiger partial charge in [-0.1, -0.05) is 23.7 Å². The highest BCUT2D eigenvalue weighted by atomic mass is 35.5. The number of carbonyl (C=O) groups is 1. The molecule has 5 rings (SSSR count). The predicted octanol–water partition coefficient (Wildman–Crippen LogP) is 3.59. The van der Waals surface area contributed by atoms with Crippen molar-refractivity contribution in [1.29, 1.82) is 0 Å². The number of ether oxygens (including phenoxy) is 2. The SMILES string of the molecule is O=C(c1cnccn1)N(Cc1ccc(Cl)cc1)Cc1cc2cc3c(cc2[nH]c1=O)OCCO3. The number of H-pyrrole nitrogens is 1. The Morgan fingerprint density at radius 1 is 1.03 bits per heavy atom. The number of amides is 1. The topological polar surface area (TPSA) is 97.4 Å². The first-order valence-electron chi connectivity index (χ1n) is 10.3. The standard InChI is InChI=1S/C24H19ClN4O4/c25-18-3-1-15(2-4-18)13-29(24(31)20-12-26-5-6-27-20)14-17-9-16-10-21-22(33-8-7-32-21)11-19(16)28-23(17)30/h1-6,9-12H,7-8,13-14H2,(H,28,30). The molecule has 1 aliphatic heterocycles. The van der Waals surface area contributed by atoms with Gasteiger partial charge in [0.25, 0.3) is 11.5 Å². The van der Waals surface area contributed by atoms with Gasteiger partial charge in [0.05, 0.1) is 18.3 Å². The minimum absolute atomic E-state index is 0.0811. The summed E-state index contributed by atoms with van der Waals surface area (Å²) in [7, 11) is 0. The number of nitrogens with one attached hydrogen (secondary N) is 1. The molecule has 2 aromatic heterocycles. The smallest absolute Gasteiger partial charge is 0.274 e. The fourth-order valence-electron chi connectivity index (χ4n) is 3.69. The van der Waals surface area contributed by atoms with Crippen molar-refractivity contribution in [2.45, 2.75) is 13.1 Å². The third-order valence-corrected chi connectivity index (χ3v) is 5.55. The molecule has 0 aliphatic carbocycles. The number of carbonyl (C=O) groups excluding carboxylic acids is 1. The number of halogens is 1. The number of nitrogens with zero attached hydrogens (tertiary/aromatic N) is 3. The van der Waals surface area contributed by atoms with Crippen LogP contribution in [0.2, 0.25) is 5.02 Å². The van der Waals surface area contributed by atoms with Crippen molar-refractivity contribution in [3.05, 3.63) is 93.3 Å². The lowest BCUT2D eigenvalue weighted by Crippen LogP contribution is -2.33. The molecule has 1 aliphatic rings. The Balaban J connectivity index is 1.51. The predicted molar refractivity (Wildman–Crippen MR) is 123 cm³/mol. The minimum Gasteiger partial charge on any atom is -0.486 e. The fourth-order valence-corrected chi connectivity index (χ4v) is 3.82. The van der Waals surface area contributed by atoms with Gasteiger partial charge < -0.3 is 19.4 Å². The summed E-state index contributed by atoms with van der Waals surface area (Å²) in [6.07, 6.45) is 4.37. The van der Waals surface area contributed by atoms with Gasteiger partial charge in [0.15, 0.2) is 11.5 Å². The molecule has 0 radical (unpaired) electrons. The normalized spacial score (nSPS) is 12.5. The van der Waals surface area contributed by atoms with E-state index in [0.29, 0.717) is 40.8 Å². The number of pyridine rings is 1. The summed E-state index contributed by atoms with van der Waals surface area (Å²) in [4.78, 5) is 38.7. The summed E-state index contributed by atoms with van der Waals surface area (Å²) < 4.78 is 11.3. The lowest BCUT2D eigenvalue weighted by atomic mass is 10.1. The highest BCUT2D eigenvalue weighted by Gasteiger charge is 2.21. The number of fused-ring (bicyclic) bond motifs is 2. The highest BCUT2D eigenvalue weighted by molar-refractivity contribution is 6.30. The van der Waals surface area contributed by atoms with Crippen LogP contribution in [0.15, 0.2) is 65.8 Å². The van der Waals surface area contributed by atoms with Gasteiger partial charge >= 0.3 is 0 Å². The number of hydrogen-bond acceptors (Lipinski definition) is 6. The van der Waals surface area contributed by atoms with Gasteiger partial charge in [0.1, 0.15) is 18.9 Å². The van der Waals surface area contributed by atoms with E-state index in [1.165, 1.54) is 18.6 Å². The Labute approximate surface area is 193 Å². The molecule has 0 saturated carbocycles. The van der Waals surface area contributed by atoms with Crippen LogP contribution in [-0.4, -0.2) is 39.0 Å². The van der Waals surface area contributed by atoms with Gasteiger partial charge in [-0.25, -0.2) is 4.98 Å². The van der Waals surface area contributed by atoms with Gasteiger partial charge in [-0.15, -0.1) is 0 Å². The van der Waals surface area contributed by atoms with Crippen LogP contribution in [0.5, 0.6) is 11.5 Å². The van der Waals surface area contributed by atoms with E-state index in [-0.39, 0.29) is 30.2 Å². The molecular formula is C24H19ClN4O4. The van der Waals surface area contributed by atoms with Crippen molar-refractivity contribution in [2.75, 3.05) is 13.2 Å². The third kappa shape index (κ3) is 4.51. The lowest BCUT2D eigenvalue weighted by molar-refractivity contribution is 0.0723. The second kappa shape index (κ2) is 8.91. The molecule has 9 heteroatoms. The molecule has 1 amide bonds. The Morgan fingerprint density at radius 3 is 2.52 bits per heavy atom. The van der Waals surface area contributed by atoms with Gasteiger partial charge in [0.2, 0.25) is 0 Å². The molecule has 0 atom stereocenters. The molecule has 0 fully saturated rings. The first kappa shape index (κ1) is 21.0. The molecule has 33 heavy (non-hydrogen) atoms. The molecule has 8 nitrogen and oxygen atoms in total. The number of hydrogen-bond donors (Lipinski definition) is 1. The van der Waals surface area contributed by atoms with E-state index in [4.69, 9.17) is 21.1 Å². The molecule has 0 bridgehead atoms. The number of aromatic amines is 1. The Bertz CT molecular complexity index is 1370. The van der Waals surface area contributed by atoms with E-state index >= 15 is 0 Å². The first-order valence-corrected chi connectivity index (χ1v) is 10.7. The van der Waals surface area contributed by atoms with Gasteiger partial charge in [-0.2, -0.15) is 0 Å². The molecule has 3 heterocycles. The zero-order valence-corrected chi connectivity index (χ0v) is 18.2. The van der Waals surface area contributed by atoms with Gasteiger partial charge in [-0.3, -0.25) is 14.6 Å². The summed E-state index contributed by atoms with van der Waals surface area (Å²) in [5.74, 6) is 0.888. The Hall–Kier alpha value is -3.91. The Kier molecular flexibility index (Phi) is 5.66. The highest BCUT2D eigenvalue weighted by Crippen LogP contribution is 2.33. The zero-order valence-electron chi connectivity index (χ0n) is 17.5. The quantitative estimate of drug-likeness (QED) is 0.487. The van der Waals surface area contributed by atoms with Crippen LogP contribution in [0, 0.1) is 0 Å². The second-order valence-corrected chi connectivity index (χ2v) is 8.02. The third-order valence-electron chi connectivity index (χ3n) is 5.30. The zero-order chi connectivity index (χ0) is 22.8. The summed E-state index contributed by atoms with van der Waals surface area (Å²) >= 11 is 6.00. The molecule has 2 aromatic carbocycles. The van der Waals surface area contributed by atoms with Crippen molar-refractivity contribution in [3.8, 4) is 11.5 Å². The van der Waals surface area contributed by atoms with E-state index in [1.54, 1.807) is 29.2 Å². The van der Waals surface area contributed by atoms with Crippen molar-refractivity contribution < 1.29 is 14.3 Å². The monoisotopic (exact) mass is 462 g/mol. The molecule has 0 unspecified atom stereocenters. The second-order valence-electron chi connectivity index (χ2n) is 7.59. The molecule has 0 saturated heterocycles. The largest absolute Gasteiger partial charge is 0.486 e. The summed E-state index contributed by atoms with van der Waals surface area (Å²) in [6, 6.07) is 12.6. The Morgan fingerprint density at radius 2 is 1.79 bits per heavy atom. The van der Waals surface area contributed by atoms with Crippen molar-refractivity contribution in [1.82, 2.24) is 19.9 Å². The van der Waals surface area contributed by atoms with Gasteiger partial charge in [-0.05, 0) is 29.8 Å². The molecule has 0 spiro atoms. The summed E-state index contributed by atoms with van der Waals surface area (Å²) in [5, 5.41) is 1.39. The van der Waals surface area contributed by atoms with E-state index in [2.05, 4.69) is 15.0 Å². The van der Waals surface area contributed by atoms with Gasteiger partial charge in [0, 0.05) is 41.0 Å². The van der Waals surface area contributed by atoms with Crippen LogP contribution in [0.3, 0.4) is 0 Å². The van der Waals surface area contributed by atoms with Crippen molar-refractivity contribution in [3.63, 3.8) is 0 Å². The molecule has 4 aromatic rings. The van der Waals surface area contributed by atoms with E-state index in [1.807, 2.05) is 18.2 Å². The average molecular weight is 463 g/mol. The number of benzene rings is 2. The maximum absolute atomic E-state index is 13.2. The number of aromatic nitrogens is 3. The van der Waals surface area contributed by atoms with Crippen molar-refractivity contribution in [2.24, 2.45) is 0 Å². The average Bonchev–Trinajstić information content (AvgIpc) is 2.84. The van der Waals surface area contributed by atoms with Crippen LogP contribution in [0.4, 0.5) is 0 Å².